The van der Waals surface area contributed by atoms with Gasteiger partial charge in [-0.05, 0) is 25.5 Å². The Morgan fingerprint density at radius 1 is 1.14 bits per heavy atom. The molecule has 1 aromatic carbocycles. The quantitative estimate of drug-likeness (QED) is 0.512. The van der Waals surface area contributed by atoms with Crippen LogP contribution in [-0.2, 0) is 15.1 Å². The monoisotopic (exact) mass is 432 g/mol. The summed E-state index contributed by atoms with van der Waals surface area (Å²) in [6.07, 6.45) is -12.9. The summed E-state index contributed by atoms with van der Waals surface area (Å²) in [6.45, 7) is 2.87. The first-order valence-electron chi connectivity index (χ1n) is 8.32. The van der Waals surface area contributed by atoms with Gasteiger partial charge in [-0.25, -0.2) is 4.79 Å². The van der Waals surface area contributed by atoms with E-state index in [1.165, 1.54) is 21.1 Å². The second-order valence-electron chi connectivity index (χ2n) is 6.05. The number of amides is 2. The molecule has 0 aromatic heterocycles. The minimum absolute atomic E-state index is 0.0190. The lowest BCUT2D eigenvalue weighted by Crippen LogP contribution is -2.54. The number of urea groups is 1. The van der Waals surface area contributed by atoms with E-state index in [1.807, 2.05) is 0 Å². The Balaban J connectivity index is 3.49. The van der Waals surface area contributed by atoms with Crippen LogP contribution in [0.5, 0.6) is 0 Å². The van der Waals surface area contributed by atoms with Gasteiger partial charge in [0.25, 0.3) is 5.60 Å². The van der Waals surface area contributed by atoms with Gasteiger partial charge in [0.05, 0.1) is 6.54 Å². The molecule has 0 saturated heterocycles. The zero-order valence-corrected chi connectivity index (χ0v) is 16.1. The van der Waals surface area contributed by atoms with Crippen molar-refractivity contribution in [2.24, 2.45) is 0 Å². The van der Waals surface area contributed by atoms with Gasteiger partial charge in [-0.2, -0.15) is 26.3 Å². The van der Waals surface area contributed by atoms with Gasteiger partial charge in [-0.1, -0.05) is 12.1 Å². The van der Waals surface area contributed by atoms with E-state index in [0.717, 1.165) is 11.0 Å². The fraction of sp³-hybridized carbons (Fsp3) is 0.588. The minimum Gasteiger partial charge on any atom is -0.369 e. The summed E-state index contributed by atoms with van der Waals surface area (Å²) in [6, 6.07) is 1.25. The van der Waals surface area contributed by atoms with E-state index >= 15 is 0 Å². The number of anilines is 1. The highest BCUT2D eigenvalue weighted by molar-refractivity contribution is 5.92. The van der Waals surface area contributed by atoms with Crippen molar-refractivity contribution in [2.45, 2.75) is 38.1 Å². The number of hydrogen-bond acceptors (Lipinski definition) is 4. The fourth-order valence-corrected chi connectivity index (χ4v) is 2.60. The van der Waals surface area contributed by atoms with Crippen molar-refractivity contribution in [3.63, 3.8) is 0 Å². The Labute approximate surface area is 163 Å². The van der Waals surface area contributed by atoms with Crippen LogP contribution in [0, 0.1) is 6.92 Å². The third kappa shape index (κ3) is 5.11. The van der Waals surface area contributed by atoms with Gasteiger partial charge in [-0.3, -0.25) is 4.90 Å². The Morgan fingerprint density at radius 2 is 1.66 bits per heavy atom. The molecule has 12 heteroatoms. The van der Waals surface area contributed by atoms with Crippen LogP contribution in [0.4, 0.5) is 36.8 Å². The van der Waals surface area contributed by atoms with Crippen molar-refractivity contribution in [3.8, 4) is 0 Å². The van der Waals surface area contributed by atoms with E-state index in [0.29, 0.717) is 12.1 Å². The van der Waals surface area contributed by atoms with Gasteiger partial charge in [-0.15, -0.1) is 0 Å². The number of ether oxygens (including phenoxy) is 2. The van der Waals surface area contributed by atoms with Gasteiger partial charge < -0.3 is 19.9 Å². The number of halogens is 6. The zero-order chi connectivity index (χ0) is 22.6. The minimum atomic E-state index is -6.00. The number of carbonyl (C=O) groups excluding carboxylic acids is 1. The van der Waals surface area contributed by atoms with Crippen LogP contribution < -0.4 is 10.2 Å². The van der Waals surface area contributed by atoms with E-state index < -0.39 is 35.8 Å². The topological polar surface area (TPSA) is 71.0 Å². The molecule has 2 amide bonds. The maximum atomic E-state index is 13.1. The summed E-state index contributed by atoms with van der Waals surface area (Å²) in [5.41, 5.74) is -6.55. The molecule has 6 nitrogen and oxygen atoms in total. The predicted molar refractivity (Wildman–Crippen MR) is 91.4 cm³/mol. The van der Waals surface area contributed by atoms with Crippen LogP contribution in [0.1, 0.15) is 18.1 Å². The van der Waals surface area contributed by atoms with Gasteiger partial charge in [0.2, 0.25) is 0 Å². The van der Waals surface area contributed by atoms with E-state index in [9.17, 15) is 36.2 Å². The molecular formula is C17H22F6N2O4. The normalized spacial score (nSPS) is 13.0. The van der Waals surface area contributed by atoms with E-state index in [1.54, 1.807) is 6.92 Å². The number of benzene rings is 1. The summed E-state index contributed by atoms with van der Waals surface area (Å²) in [7, 11) is 2.60. The first kappa shape index (κ1) is 25.0. The van der Waals surface area contributed by atoms with E-state index in [-0.39, 0.29) is 24.3 Å². The number of hydrogen-bond donors (Lipinski definition) is 2. The van der Waals surface area contributed by atoms with Crippen LogP contribution in [0.25, 0.3) is 0 Å². The van der Waals surface area contributed by atoms with Crippen LogP contribution in [-0.4, -0.2) is 57.1 Å². The molecule has 0 fully saturated rings. The highest BCUT2D eigenvalue weighted by atomic mass is 19.4. The Morgan fingerprint density at radius 3 is 2.03 bits per heavy atom. The second-order valence-corrected chi connectivity index (χ2v) is 6.05. The van der Waals surface area contributed by atoms with Gasteiger partial charge in [0.1, 0.15) is 0 Å². The van der Waals surface area contributed by atoms with Crippen molar-refractivity contribution >= 4 is 11.7 Å². The molecule has 0 saturated carbocycles. The number of aliphatic hydroxyl groups is 1. The number of carbonyl (C=O) groups is 1. The number of alkyl halides is 6. The predicted octanol–water partition coefficient (Wildman–Crippen LogP) is 3.46. The summed E-state index contributed by atoms with van der Waals surface area (Å²) < 4.78 is 88.6. The van der Waals surface area contributed by atoms with Gasteiger partial charge in [0.15, 0.2) is 6.29 Å². The van der Waals surface area contributed by atoms with Crippen molar-refractivity contribution in [3.05, 3.63) is 29.3 Å². The zero-order valence-electron chi connectivity index (χ0n) is 16.1. The molecule has 166 valence electrons. The molecule has 0 heterocycles. The SMILES string of the molecule is CCNC(=O)N(CC(OC)OC)c1ccc(C(O)(C(F)(F)F)C(F)(F)F)cc1C. The van der Waals surface area contributed by atoms with Crippen molar-refractivity contribution in [2.75, 3.05) is 32.2 Å². The number of nitrogens with one attached hydrogen (secondary N) is 1. The highest BCUT2D eigenvalue weighted by Crippen LogP contribution is 2.50. The molecule has 0 spiro atoms. The Hall–Kier alpha value is -2.05. The molecule has 29 heavy (non-hydrogen) atoms. The molecule has 1 aromatic rings. The number of nitrogens with zero attached hydrogens (tertiary/aromatic N) is 1. The Kier molecular flexibility index (Phi) is 7.91. The summed E-state index contributed by atoms with van der Waals surface area (Å²) in [5.74, 6) is 0. The smallest absolute Gasteiger partial charge is 0.369 e. The number of methoxy groups -OCH3 is 2. The molecule has 0 aliphatic carbocycles. The van der Waals surface area contributed by atoms with Gasteiger partial charge in [0, 0.05) is 32.0 Å². The molecule has 2 N–H and O–H groups in total. The lowest BCUT2D eigenvalue weighted by Gasteiger charge is -2.34. The van der Waals surface area contributed by atoms with E-state index in [4.69, 9.17) is 9.47 Å². The van der Waals surface area contributed by atoms with E-state index in [2.05, 4.69) is 5.32 Å². The molecule has 0 bridgehead atoms. The summed E-state index contributed by atoms with van der Waals surface area (Å²) in [4.78, 5) is 13.4. The van der Waals surface area contributed by atoms with Crippen molar-refractivity contribution in [1.82, 2.24) is 5.32 Å². The lowest BCUT2D eigenvalue weighted by atomic mass is 9.90. The van der Waals surface area contributed by atoms with Crippen LogP contribution in [0.15, 0.2) is 18.2 Å². The lowest BCUT2D eigenvalue weighted by molar-refractivity contribution is -0.376. The van der Waals surface area contributed by atoms with Crippen LogP contribution >= 0.6 is 0 Å². The molecule has 1 rings (SSSR count). The third-order valence-corrected chi connectivity index (χ3v) is 4.16. The highest BCUT2D eigenvalue weighted by Gasteiger charge is 2.71. The molecule has 0 atom stereocenters. The summed E-state index contributed by atoms with van der Waals surface area (Å²) >= 11 is 0. The molecule has 0 aliphatic rings. The molecule has 0 unspecified atom stereocenters. The average Bonchev–Trinajstić information content (AvgIpc) is 2.60. The van der Waals surface area contributed by atoms with Crippen molar-refractivity contribution in [1.29, 1.82) is 0 Å². The van der Waals surface area contributed by atoms with Crippen molar-refractivity contribution < 1.29 is 45.7 Å². The maximum Gasteiger partial charge on any atom is 0.430 e. The average molecular weight is 432 g/mol. The second kappa shape index (κ2) is 9.18. The Bertz CT molecular complexity index is 690. The summed E-state index contributed by atoms with van der Waals surface area (Å²) in [5, 5.41) is 12.0. The number of rotatable bonds is 7. The fourth-order valence-electron chi connectivity index (χ4n) is 2.60. The third-order valence-electron chi connectivity index (χ3n) is 4.16. The molecular weight excluding hydrogens is 410 g/mol. The standard InChI is InChI=1S/C17H22F6N2O4/c1-5-24-14(26)25(9-13(28-3)29-4)12-7-6-11(8-10(12)2)15(27,16(18,19)20)17(21,22)23/h6-8,13,27H,5,9H2,1-4H3,(H,24,26). The largest absolute Gasteiger partial charge is 0.430 e. The number of aryl methyl sites for hydroxylation is 1. The maximum absolute atomic E-state index is 13.1. The molecule has 0 aliphatic heterocycles. The first-order valence-corrected chi connectivity index (χ1v) is 8.32. The van der Waals surface area contributed by atoms with Gasteiger partial charge >= 0.3 is 18.4 Å². The van der Waals surface area contributed by atoms with Crippen LogP contribution in [0.3, 0.4) is 0 Å². The first-order chi connectivity index (χ1) is 13.2. The van der Waals surface area contributed by atoms with Crippen LogP contribution in [0.2, 0.25) is 0 Å². The molecule has 0 radical (unpaired) electrons.